The first-order valence-corrected chi connectivity index (χ1v) is 7.68. The van der Waals surface area contributed by atoms with E-state index in [1.165, 1.54) is 6.42 Å². The number of hydrogen-bond acceptors (Lipinski definition) is 3. The molecule has 18 heavy (non-hydrogen) atoms. The maximum atomic E-state index is 4.68. The molecule has 1 aromatic heterocycles. The zero-order valence-corrected chi connectivity index (χ0v) is 13.1. The predicted octanol–water partition coefficient (Wildman–Crippen LogP) is 3.67. The molecule has 0 amide bonds. The molecule has 1 saturated heterocycles. The summed E-state index contributed by atoms with van der Waals surface area (Å²) in [6.07, 6.45) is 3.32. The van der Waals surface area contributed by atoms with Crippen LogP contribution in [0.5, 0.6) is 0 Å². The fourth-order valence-electron chi connectivity index (χ4n) is 2.49. The molecule has 2 rings (SSSR count). The van der Waals surface area contributed by atoms with Crippen LogP contribution in [0.15, 0.2) is 10.7 Å². The molecule has 0 aliphatic carbocycles. The van der Waals surface area contributed by atoms with Gasteiger partial charge in [0.15, 0.2) is 0 Å². The molecule has 0 N–H and O–H groups in total. The molecule has 100 valence electrons. The van der Waals surface area contributed by atoms with Crippen molar-refractivity contribution in [2.45, 2.75) is 40.0 Å². The molecule has 0 bridgehead atoms. The third-order valence-corrected chi connectivity index (χ3v) is 4.10. The van der Waals surface area contributed by atoms with Crippen molar-refractivity contribution in [1.29, 1.82) is 0 Å². The number of aryl methyl sites for hydroxylation is 1. The van der Waals surface area contributed by atoms with Gasteiger partial charge in [0.1, 0.15) is 16.2 Å². The Labute approximate surface area is 118 Å². The van der Waals surface area contributed by atoms with Crippen LogP contribution in [0.4, 0.5) is 5.82 Å². The molecular weight excluding hydrogens is 290 g/mol. The lowest BCUT2D eigenvalue weighted by atomic mass is 9.95. The molecule has 1 fully saturated rings. The molecule has 1 aliphatic rings. The fraction of sp³-hybridized carbons (Fsp3) is 0.714. The molecule has 1 unspecified atom stereocenters. The van der Waals surface area contributed by atoms with Crippen molar-refractivity contribution >= 4 is 21.7 Å². The van der Waals surface area contributed by atoms with Gasteiger partial charge >= 0.3 is 0 Å². The number of aromatic nitrogens is 2. The van der Waals surface area contributed by atoms with Crippen molar-refractivity contribution in [3.8, 4) is 0 Å². The second-order valence-corrected chi connectivity index (χ2v) is 6.27. The van der Waals surface area contributed by atoms with Gasteiger partial charge in [-0.1, -0.05) is 20.8 Å². The van der Waals surface area contributed by atoms with Crippen LogP contribution in [0.2, 0.25) is 0 Å². The van der Waals surface area contributed by atoms with Gasteiger partial charge in [0, 0.05) is 25.6 Å². The minimum absolute atomic E-state index is 0.760. The Kier molecular flexibility index (Phi) is 4.60. The highest BCUT2D eigenvalue weighted by Gasteiger charge is 2.26. The Hall–Kier alpha value is -0.640. The second kappa shape index (κ2) is 6.00. The van der Waals surface area contributed by atoms with E-state index in [1.807, 2.05) is 6.07 Å². The molecule has 0 spiro atoms. The summed E-state index contributed by atoms with van der Waals surface area (Å²) in [5.74, 6) is 3.60. The summed E-state index contributed by atoms with van der Waals surface area (Å²) in [6, 6.07) is 2.04. The monoisotopic (exact) mass is 311 g/mol. The first-order chi connectivity index (χ1) is 8.60. The highest BCUT2D eigenvalue weighted by atomic mass is 79.9. The van der Waals surface area contributed by atoms with Gasteiger partial charge in [-0.2, -0.15) is 0 Å². The van der Waals surface area contributed by atoms with Gasteiger partial charge in [0.25, 0.3) is 0 Å². The molecule has 4 heteroatoms. The third-order valence-electron chi connectivity index (χ3n) is 3.69. The Bertz CT molecular complexity index is 406. The van der Waals surface area contributed by atoms with Gasteiger partial charge in [-0.15, -0.1) is 0 Å². The normalized spacial score (nSPS) is 19.8. The molecule has 1 aliphatic heterocycles. The summed E-state index contributed by atoms with van der Waals surface area (Å²) >= 11 is 3.50. The number of hydrogen-bond donors (Lipinski definition) is 0. The van der Waals surface area contributed by atoms with E-state index in [-0.39, 0.29) is 0 Å². The van der Waals surface area contributed by atoms with Gasteiger partial charge in [0.05, 0.1) is 0 Å². The minimum atomic E-state index is 0.760. The topological polar surface area (TPSA) is 29.0 Å². The van der Waals surface area contributed by atoms with Crippen molar-refractivity contribution < 1.29 is 0 Å². The number of anilines is 1. The lowest BCUT2D eigenvalue weighted by Gasteiger charge is -2.19. The highest BCUT2D eigenvalue weighted by Crippen LogP contribution is 2.28. The first-order valence-electron chi connectivity index (χ1n) is 6.88. The van der Waals surface area contributed by atoms with E-state index in [4.69, 9.17) is 0 Å². The molecule has 0 aromatic carbocycles. The molecule has 1 atom stereocenters. The van der Waals surface area contributed by atoms with E-state index in [0.29, 0.717) is 0 Å². The zero-order valence-electron chi connectivity index (χ0n) is 11.5. The van der Waals surface area contributed by atoms with E-state index >= 15 is 0 Å². The van der Waals surface area contributed by atoms with Crippen molar-refractivity contribution in [3.63, 3.8) is 0 Å². The van der Waals surface area contributed by atoms with Crippen LogP contribution in [0, 0.1) is 11.8 Å². The Balaban J connectivity index is 2.13. The molecule has 3 nitrogen and oxygen atoms in total. The maximum absolute atomic E-state index is 4.68. The zero-order chi connectivity index (χ0) is 13.1. The Morgan fingerprint density at radius 3 is 2.83 bits per heavy atom. The van der Waals surface area contributed by atoms with Crippen LogP contribution < -0.4 is 4.90 Å². The van der Waals surface area contributed by atoms with Crippen LogP contribution in [0.25, 0.3) is 0 Å². The summed E-state index contributed by atoms with van der Waals surface area (Å²) in [6.45, 7) is 9.04. The quantitative estimate of drug-likeness (QED) is 0.794. The van der Waals surface area contributed by atoms with E-state index < -0.39 is 0 Å². The Morgan fingerprint density at radius 1 is 1.44 bits per heavy atom. The van der Waals surface area contributed by atoms with Crippen molar-refractivity contribution in [3.05, 3.63) is 16.5 Å². The van der Waals surface area contributed by atoms with E-state index in [2.05, 4.69) is 51.6 Å². The van der Waals surface area contributed by atoms with Crippen LogP contribution in [0.1, 0.15) is 39.4 Å². The summed E-state index contributed by atoms with van der Waals surface area (Å²) in [4.78, 5) is 11.5. The minimum Gasteiger partial charge on any atom is -0.356 e. The van der Waals surface area contributed by atoms with Crippen molar-refractivity contribution in [1.82, 2.24) is 9.97 Å². The summed E-state index contributed by atoms with van der Waals surface area (Å²) in [7, 11) is 0. The van der Waals surface area contributed by atoms with Crippen LogP contribution >= 0.6 is 15.9 Å². The first kappa shape index (κ1) is 13.8. The SMILES string of the molecule is CCCc1nc(Br)cc(N2CCC(C(C)C)C2)n1. The average molecular weight is 312 g/mol. The largest absolute Gasteiger partial charge is 0.356 e. The number of halogens is 1. The molecular formula is C14H22BrN3. The van der Waals surface area contributed by atoms with Crippen LogP contribution in [-0.4, -0.2) is 23.1 Å². The smallest absolute Gasteiger partial charge is 0.133 e. The predicted molar refractivity (Wildman–Crippen MR) is 78.9 cm³/mol. The fourth-order valence-corrected chi connectivity index (χ4v) is 2.90. The highest BCUT2D eigenvalue weighted by molar-refractivity contribution is 9.10. The van der Waals surface area contributed by atoms with E-state index in [0.717, 1.165) is 54.0 Å². The number of rotatable bonds is 4. The maximum Gasteiger partial charge on any atom is 0.133 e. The van der Waals surface area contributed by atoms with Gasteiger partial charge in [-0.25, -0.2) is 9.97 Å². The summed E-state index contributed by atoms with van der Waals surface area (Å²) in [5, 5.41) is 0. The lowest BCUT2D eigenvalue weighted by Crippen LogP contribution is -2.22. The van der Waals surface area contributed by atoms with Crippen molar-refractivity contribution in [2.75, 3.05) is 18.0 Å². The number of nitrogens with zero attached hydrogens (tertiary/aromatic N) is 3. The lowest BCUT2D eigenvalue weighted by molar-refractivity contribution is 0.422. The molecule has 0 saturated carbocycles. The molecule has 0 radical (unpaired) electrons. The van der Waals surface area contributed by atoms with E-state index in [9.17, 15) is 0 Å². The van der Waals surface area contributed by atoms with Gasteiger partial charge in [-0.05, 0) is 40.6 Å². The average Bonchev–Trinajstić information content (AvgIpc) is 2.78. The van der Waals surface area contributed by atoms with Gasteiger partial charge in [-0.3, -0.25) is 0 Å². The summed E-state index contributed by atoms with van der Waals surface area (Å²) in [5.41, 5.74) is 0. The van der Waals surface area contributed by atoms with Crippen LogP contribution in [-0.2, 0) is 6.42 Å². The van der Waals surface area contributed by atoms with Crippen LogP contribution in [0.3, 0.4) is 0 Å². The summed E-state index contributed by atoms with van der Waals surface area (Å²) < 4.78 is 0.906. The Morgan fingerprint density at radius 2 is 2.22 bits per heavy atom. The second-order valence-electron chi connectivity index (χ2n) is 5.45. The van der Waals surface area contributed by atoms with Crippen molar-refractivity contribution in [2.24, 2.45) is 11.8 Å². The van der Waals surface area contributed by atoms with Gasteiger partial charge < -0.3 is 4.90 Å². The van der Waals surface area contributed by atoms with E-state index in [1.54, 1.807) is 0 Å². The van der Waals surface area contributed by atoms with Gasteiger partial charge in [0.2, 0.25) is 0 Å². The standard InChI is InChI=1S/C14H22BrN3/c1-4-5-13-16-12(15)8-14(17-13)18-7-6-11(9-18)10(2)3/h8,10-11H,4-7,9H2,1-3H3. The molecule has 2 heterocycles. The third kappa shape index (κ3) is 3.22. The molecule has 1 aromatic rings.